The summed E-state index contributed by atoms with van der Waals surface area (Å²) in [5.74, 6) is 1.45. The van der Waals surface area contributed by atoms with Crippen molar-refractivity contribution in [3.8, 4) is 28.3 Å². The highest BCUT2D eigenvalue weighted by atomic mass is 32.2. The monoisotopic (exact) mass is 464 g/mol. The predicted molar refractivity (Wildman–Crippen MR) is 123 cm³/mol. The average Bonchev–Trinajstić information content (AvgIpc) is 3.48. The molecule has 0 bridgehead atoms. The molecule has 0 saturated heterocycles. The van der Waals surface area contributed by atoms with Gasteiger partial charge in [-0.3, -0.25) is 0 Å². The second-order valence-corrected chi connectivity index (χ2v) is 9.14. The molecular weight excluding hydrogens is 447 g/mol. The minimum Gasteiger partial charge on any atom is -0.497 e. The van der Waals surface area contributed by atoms with Crippen molar-refractivity contribution in [1.82, 2.24) is 20.2 Å². The van der Waals surface area contributed by atoms with Gasteiger partial charge in [0.2, 0.25) is 11.8 Å². The molecule has 9 heteroatoms. The molecule has 5 rings (SSSR count). The van der Waals surface area contributed by atoms with Crippen LogP contribution in [0.15, 0.2) is 69.7 Å². The van der Waals surface area contributed by atoms with Crippen LogP contribution in [0.25, 0.3) is 32.8 Å². The Morgan fingerprint density at radius 3 is 2.50 bits per heavy atom. The predicted octanol–water partition coefficient (Wildman–Crippen LogP) is 6.41. The Morgan fingerprint density at radius 2 is 1.75 bits per heavy atom. The summed E-state index contributed by atoms with van der Waals surface area (Å²) in [6.07, 6.45) is 1.55. The van der Waals surface area contributed by atoms with Gasteiger partial charge in [0, 0.05) is 16.5 Å². The van der Waals surface area contributed by atoms with Crippen LogP contribution in [-0.2, 0) is 0 Å². The Kier molecular flexibility index (Phi) is 5.59. The number of methoxy groups -OCH3 is 1. The van der Waals surface area contributed by atoms with Crippen molar-refractivity contribution in [2.75, 3.05) is 7.11 Å². The molecule has 0 saturated carbocycles. The summed E-state index contributed by atoms with van der Waals surface area (Å²) < 4.78 is 24.5. The first kappa shape index (κ1) is 20.6. The normalized spacial score (nSPS) is 12.2. The van der Waals surface area contributed by atoms with E-state index >= 15 is 0 Å². The summed E-state index contributed by atoms with van der Waals surface area (Å²) >= 11 is 3.06. The maximum absolute atomic E-state index is 13.4. The SMILES string of the molecule is COc1ccc(-c2nnc([C@H](C)Sc3ncnc4scc(-c5ccc(F)cc5)c34)o2)cc1. The molecule has 0 amide bonds. The van der Waals surface area contributed by atoms with E-state index < -0.39 is 0 Å². The van der Waals surface area contributed by atoms with Gasteiger partial charge in [-0.15, -0.1) is 21.5 Å². The number of halogens is 1. The van der Waals surface area contributed by atoms with Crippen molar-refractivity contribution in [2.24, 2.45) is 0 Å². The standard InChI is InChI=1S/C23H17FN4O2S2/c1-13(20-27-28-21(30-20)15-5-9-17(29-2)10-6-15)32-23-19-18(11-31-22(19)25-12-26-23)14-3-7-16(24)8-4-14/h3-13H,1-2H3/t13-/m0/s1. The van der Waals surface area contributed by atoms with E-state index in [0.29, 0.717) is 11.8 Å². The van der Waals surface area contributed by atoms with Crippen LogP contribution < -0.4 is 4.74 Å². The van der Waals surface area contributed by atoms with Crippen LogP contribution in [0.1, 0.15) is 18.1 Å². The molecule has 0 aliphatic heterocycles. The zero-order valence-electron chi connectivity index (χ0n) is 17.2. The van der Waals surface area contributed by atoms with Gasteiger partial charge in [0.1, 0.15) is 27.8 Å². The van der Waals surface area contributed by atoms with Crippen LogP contribution in [0.2, 0.25) is 0 Å². The fourth-order valence-electron chi connectivity index (χ4n) is 3.25. The van der Waals surface area contributed by atoms with Crippen LogP contribution in [0, 0.1) is 5.82 Å². The summed E-state index contributed by atoms with van der Waals surface area (Å²) in [5, 5.41) is 12.1. The van der Waals surface area contributed by atoms with Gasteiger partial charge in [0.15, 0.2) is 0 Å². The molecule has 0 N–H and O–H groups in total. The minimum absolute atomic E-state index is 0.131. The molecule has 1 atom stereocenters. The summed E-state index contributed by atoms with van der Waals surface area (Å²) in [4.78, 5) is 9.79. The molecule has 3 aromatic heterocycles. The summed E-state index contributed by atoms with van der Waals surface area (Å²) in [6.45, 7) is 1.99. The quantitative estimate of drug-likeness (QED) is 0.212. The van der Waals surface area contributed by atoms with E-state index in [-0.39, 0.29) is 11.1 Å². The molecular formula is C23H17FN4O2S2. The van der Waals surface area contributed by atoms with Crippen LogP contribution >= 0.6 is 23.1 Å². The highest BCUT2D eigenvalue weighted by Crippen LogP contribution is 2.42. The topological polar surface area (TPSA) is 73.9 Å². The lowest BCUT2D eigenvalue weighted by atomic mass is 10.1. The fraction of sp³-hybridized carbons (Fsp3) is 0.130. The molecule has 0 aliphatic carbocycles. The fourth-order valence-corrected chi connectivity index (χ4v) is 5.19. The molecule has 0 unspecified atom stereocenters. The number of hydrogen-bond acceptors (Lipinski definition) is 8. The third kappa shape index (κ3) is 3.96. The number of aromatic nitrogens is 4. The van der Waals surface area contributed by atoms with Crippen molar-refractivity contribution in [3.05, 3.63) is 71.9 Å². The first-order valence-electron chi connectivity index (χ1n) is 9.75. The largest absolute Gasteiger partial charge is 0.497 e. The summed E-state index contributed by atoms with van der Waals surface area (Å²) in [6, 6.07) is 13.9. The lowest BCUT2D eigenvalue weighted by Gasteiger charge is -2.08. The number of thioether (sulfide) groups is 1. The number of nitrogens with zero attached hydrogens (tertiary/aromatic N) is 4. The van der Waals surface area contributed by atoms with Gasteiger partial charge in [-0.1, -0.05) is 23.9 Å². The van der Waals surface area contributed by atoms with Crippen molar-refractivity contribution in [3.63, 3.8) is 0 Å². The molecule has 5 aromatic rings. The Bertz CT molecular complexity index is 1370. The van der Waals surface area contributed by atoms with Crippen LogP contribution in [0.5, 0.6) is 5.75 Å². The average molecular weight is 465 g/mol. The van der Waals surface area contributed by atoms with Gasteiger partial charge in [-0.25, -0.2) is 14.4 Å². The third-order valence-corrected chi connectivity index (χ3v) is 6.88. The van der Waals surface area contributed by atoms with Crippen LogP contribution in [0.3, 0.4) is 0 Å². The smallest absolute Gasteiger partial charge is 0.247 e. The Hall–Kier alpha value is -3.30. The Labute approximate surface area is 191 Å². The molecule has 0 radical (unpaired) electrons. The van der Waals surface area contributed by atoms with Crippen molar-refractivity contribution < 1.29 is 13.5 Å². The van der Waals surface area contributed by atoms with E-state index in [0.717, 1.165) is 37.7 Å². The maximum atomic E-state index is 13.4. The van der Waals surface area contributed by atoms with Gasteiger partial charge in [-0.2, -0.15) is 0 Å². The van der Waals surface area contributed by atoms with E-state index in [9.17, 15) is 4.39 Å². The number of rotatable bonds is 6. The summed E-state index contributed by atoms with van der Waals surface area (Å²) in [5.41, 5.74) is 2.72. The molecule has 160 valence electrons. The molecule has 0 aliphatic rings. The maximum Gasteiger partial charge on any atom is 0.247 e. The number of benzene rings is 2. The lowest BCUT2D eigenvalue weighted by molar-refractivity contribution is 0.415. The molecule has 2 aromatic carbocycles. The number of hydrogen-bond donors (Lipinski definition) is 0. The molecule has 3 heterocycles. The van der Waals surface area contributed by atoms with Gasteiger partial charge < -0.3 is 9.15 Å². The van der Waals surface area contributed by atoms with Gasteiger partial charge in [0.05, 0.1) is 17.7 Å². The van der Waals surface area contributed by atoms with E-state index in [4.69, 9.17) is 9.15 Å². The number of ether oxygens (including phenoxy) is 1. The Morgan fingerprint density at radius 1 is 1.00 bits per heavy atom. The molecule has 0 fully saturated rings. The van der Waals surface area contributed by atoms with Gasteiger partial charge in [0.25, 0.3) is 0 Å². The Balaban J connectivity index is 1.44. The van der Waals surface area contributed by atoms with Gasteiger partial charge in [-0.05, 0) is 48.9 Å². The lowest BCUT2D eigenvalue weighted by Crippen LogP contribution is -1.92. The third-order valence-electron chi connectivity index (χ3n) is 4.90. The van der Waals surface area contributed by atoms with E-state index in [1.807, 2.05) is 36.6 Å². The second kappa shape index (κ2) is 8.68. The van der Waals surface area contributed by atoms with Gasteiger partial charge >= 0.3 is 0 Å². The molecule has 32 heavy (non-hydrogen) atoms. The van der Waals surface area contributed by atoms with E-state index in [2.05, 4.69) is 20.2 Å². The summed E-state index contributed by atoms with van der Waals surface area (Å²) in [7, 11) is 1.62. The highest BCUT2D eigenvalue weighted by molar-refractivity contribution is 7.99. The van der Waals surface area contributed by atoms with E-state index in [1.165, 1.54) is 35.2 Å². The van der Waals surface area contributed by atoms with Crippen molar-refractivity contribution >= 4 is 33.3 Å². The van der Waals surface area contributed by atoms with Crippen molar-refractivity contribution in [1.29, 1.82) is 0 Å². The second-order valence-electron chi connectivity index (χ2n) is 6.95. The zero-order valence-corrected chi connectivity index (χ0v) is 18.8. The first-order valence-corrected chi connectivity index (χ1v) is 11.5. The van der Waals surface area contributed by atoms with Crippen molar-refractivity contribution in [2.45, 2.75) is 17.2 Å². The number of thiophene rings is 1. The van der Waals surface area contributed by atoms with Crippen LogP contribution in [0.4, 0.5) is 4.39 Å². The first-order chi connectivity index (χ1) is 15.6. The minimum atomic E-state index is -0.267. The van der Waals surface area contributed by atoms with Crippen LogP contribution in [-0.4, -0.2) is 27.3 Å². The molecule has 6 nitrogen and oxygen atoms in total. The molecule has 0 spiro atoms. The van der Waals surface area contributed by atoms with E-state index in [1.54, 1.807) is 25.6 Å². The highest BCUT2D eigenvalue weighted by Gasteiger charge is 2.20. The zero-order chi connectivity index (χ0) is 22.1. The number of fused-ring (bicyclic) bond motifs is 1.